The number of nitrogens with zero attached hydrogens (tertiary/aromatic N) is 5. The smallest absolute Gasteiger partial charge is 0.407 e. The first-order valence-corrected chi connectivity index (χ1v) is 26.9. The number of ether oxygens (including phenoxy) is 3. The molecule has 2 unspecified atom stereocenters. The van der Waals surface area contributed by atoms with Crippen molar-refractivity contribution in [1.29, 1.82) is 0 Å². The number of aromatic nitrogens is 1. The Labute approximate surface area is 479 Å². The number of fused-ring (bicyclic) bond motifs is 2. The SMILES string of the molecule is COC(=O)C[C@H](C(=O)NCN(CCc1c(F)cc(C(N)=CC=NC(F)F)cc1F)C[C@H](O)[C@H](Cc1ccc(C#Cc2ccc(N3CC4CCC(C3)N4[C@H]3CCOC3)nc2)cc1)NC(=O)[C@@H](NC(=O)OC)C(C)(C)C(F)(F)F)C(C)(C)C(F)(F)F. The van der Waals surface area contributed by atoms with Crippen LogP contribution in [0, 0.1) is 40.2 Å². The average molecular weight is 1200 g/mol. The number of rotatable bonds is 23. The fourth-order valence-electron chi connectivity index (χ4n) is 10.3. The normalized spacial score (nSPS) is 19.4. The molecule has 3 fully saturated rings. The summed E-state index contributed by atoms with van der Waals surface area (Å²) in [6.45, 7) is 0.652. The van der Waals surface area contributed by atoms with Crippen molar-refractivity contribution in [3.05, 3.63) is 100 Å². The highest BCUT2D eigenvalue weighted by molar-refractivity contribution is 5.87. The van der Waals surface area contributed by atoms with Gasteiger partial charge in [-0.3, -0.25) is 24.2 Å². The number of carbonyl (C=O) groups excluding carboxylic acids is 4. The summed E-state index contributed by atoms with van der Waals surface area (Å²) in [5, 5.41) is 18.7. The van der Waals surface area contributed by atoms with Crippen LogP contribution in [0.4, 0.5) is 54.5 Å². The number of halogens is 10. The maximum atomic E-state index is 15.7. The van der Waals surface area contributed by atoms with E-state index in [0.717, 1.165) is 88.7 Å². The fraction of sp³-hybridized carbons (Fsp3) is 0.544. The van der Waals surface area contributed by atoms with Gasteiger partial charge in [0.25, 0.3) is 0 Å². The molecule has 0 aliphatic carbocycles. The molecule has 2 bridgehead atoms. The number of allylic oxidation sites excluding steroid dienone is 1. The number of aliphatic hydroxyl groups excluding tert-OH is 1. The summed E-state index contributed by atoms with van der Waals surface area (Å²) < 4.78 is 158. The predicted octanol–water partition coefficient (Wildman–Crippen LogP) is 6.88. The van der Waals surface area contributed by atoms with Gasteiger partial charge < -0.3 is 45.9 Å². The Morgan fingerprint density at radius 1 is 0.869 bits per heavy atom. The number of aliphatic imine (C=N–C) groups is 1. The summed E-state index contributed by atoms with van der Waals surface area (Å²) in [4.78, 5) is 66.2. The maximum Gasteiger partial charge on any atom is 0.407 e. The van der Waals surface area contributed by atoms with Crippen molar-refractivity contribution in [2.24, 2.45) is 27.5 Å². The van der Waals surface area contributed by atoms with Crippen LogP contribution in [-0.2, 0) is 41.4 Å². The van der Waals surface area contributed by atoms with Crippen LogP contribution in [0.25, 0.3) is 5.70 Å². The molecular weight excluding hydrogens is 1130 g/mol. The second-order valence-corrected chi connectivity index (χ2v) is 22.0. The molecule has 0 radical (unpaired) electrons. The molecule has 3 aliphatic rings. The van der Waals surface area contributed by atoms with E-state index in [2.05, 4.69) is 46.7 Å². The van der Waals surface area contributed by atoms with Crippen LogP contribution < -0.4 is 26.6 Å². The monoisotopic (exact) mass is 1200 g/mol. The van der Waals surface area contributed by atoms with Crippen molar-refractivity contribution in [1.82, 2.24) is 30.7 Å². The molecule has 3 aliphatic heterocycles. The number of anilines is 1. The minimum atomic E-state index is -5.13. The molecule has 84 heavy (non-hydrogen) atoms. The van der Waals surface area contributed by atoms with Crippen molar-refractivity contribution < 1.29 is 82.4 Å². The highest BCUT2D eigenvalue weighted by atomic mass is 19.4. The molecule has 460 valence electrons. The number of carbonyl (C=O) groups is 4. The van der Waals surface area contributed by atoms with Crippen molar-refractivity contribution >= 4 is 41.6 Å². The molecule has 17 nitrogen and oxygen atoms in total. The molecule has 1 aromatic heterocycles. The second kappa shape index (κ2) is 28.2. The van der Waals surface area contributed by atoms with Crippen LogP contribution >= 0.6 is 0 Å². The van der Waals surface area contributed by atoms with Crippen LogP contribution in [0.15, 0.2) is 65.8 Å². The number of benzene rings is 2. The first-order valence-electron chi connectivity index (χ1n) is 26.9. The Morgan fingerprint density at radius 3 is 2.04 bits per heavy atom. The number of hydrogen-bond donors (Lipinski definition) is 5. The number of amides is 3. The number of alkyl carbamates (subject to hydrolysis) is 1. The third-order valence-corrected chi connectivity index (χ3v) is 15.7. The third kappa shape index (κ3) is 16.9. The number of methoxy groups -OCH3 is 2. The van der Waals surface area contributed by atoms with Crippen LogP contribution in [0.2, 0.25) is 0 Å². The molecule has 27 heteroatoms. The lowest BCUT2D eigenvalue weighted by Gasteiger charge is -2.44. The Bertz CT molecular complexity index is 2860. The highest BCUT2D eigenvalue weighted by Crippen LogP contribution is 2.45. The molecule has 3 aromatic rings. The number of hydrogen-bond acceptors (Lipinski definition) is 14. The highest BCUT2D eigenvalue weighted by Gasteiger charge is 2.57. The van der Waals surface area contributed by atoms with E-state index in [4.69, 9.17) is 15.5 Å². The van der Waals surface area contributed by atoms with E-state index >= 15 is 8.78 Å². The van der Waals surface area contributed by atoms with Gasteiger partial charge in [-0.15, -0.1) is 0 Å². The van der Waals surface area contributed by atoms with E-state index in [0.29, 0.717) is 68.7 Å². The number of nitrogens with two attached hydrogens (primary N) is 1. The zero-order valence-corrected chi connectivity index (χ0v) is 47.1. The zero-order valence-electron chi connectivity index (χ0n) is 47.1. The van der Waals surface area contributed by atoms with Gasteiger partial charge in [0.15, 0.2) is 0 Å². The minimum absolute atomic E-state index is 0.283. The van der Waals surface area contributed by atoms with Gasteiger partial charge in [0.1, 0.15) is 23.5 Å². The number of piperazine rings is 1. The van der Waals surface area contributed by atoms with E-state index in [-0.39, 0.29) is 17.7 Å². The standard InChI is InChI=1S/C57H69F10N9O8/c1-54(2,56(62,63)64)41(26-48(78)82-5)50(79)71-32-74(21-18-40-42(58)24-36(25-43(40)59)44(68)17-20-69-52(60)61)30-46(77)45(72-51(80)49(73-53(81)83-6)55(3,4)57(65,66)67)23-34-10-7-33(8-11-34)9-12-35-13-16-47(70-27-35)75-28-37-14-15-38(29-75)76(37)39-19-22-84-31-39/h7-8,10-11,13,16-17,20,24-25,27,37-39,41,45-46,49,52,77H,14-15,18-19,21-23,26,28-32,68H2,1-6H3,(H,71,79)(H,72,80)(H,73,81)/t37?,38?,39-,41+,45-,46-,49+/m0/s1. The van der Waals surface area contributed by atoms with Gasteiger partial charge >= 0.3 is 31.0 Å². The van der Waals surface area contributed by atoms with Gasteiger partial charge in [0.2, 0.25) is 11.8 Å². The Kier molecular flexibility index (Phi) is 22.2. The van der Waals surface area contributed by atoms with Crippen LogP contribution in [0.3, 0.4) is 0 Å². The molecule has 7 atom stereocenters. The van der Waals surface area contributed by atoms with Gasteiger partial charge in [-0.25, -0.2) is 23.6 Å². The maximum absolute atomic E-state index is 15.7. The van der Waals surface area contributed by atoms with E-state index in [9.17, 15) is 59.4 Å². The largest absolute Gasteiger partial charge is 0.469 e. The van der Waals surface area contributed by atoms with E-state index in [1.807, 2.05) is 17.4 Å². The van der Waals surface area contributed by atoms with Crippen LogP contribution in [0.1, 0.15) is 81.2 Å². The number of nitrogens with one attached hydrogen (secondary N) is 3. The first-order chi connectivity index (χ1) is 39.4. The summed E-state index contributed by atoms with van der Waals surface area (Å²) in [5.41, 5.74) is 0.178. The summed E-state index contributed by atoms with van der Waals surface area (Å²) in [6.07, 6.45) is -9.14. The lowest BCUT2D eigenvalue weighted by Crippen LogP contribution is -2.62. The molecule has 0 spiro atoms. The number of pyridine rings is 1. The number of alkyl halides is 8. The van der Waals surface area contributed by atoms with E-state index < -0.39 is 128 Å². The van der Waals surface area contributed by atoms with Gasteiger partial charge in [0.05, 0.1) is 62.8 Å². The first kappa shape index (κ1) is 66.1. The van der Waals surface area contributed by atoms with Crippen LogP contribution in [0.5, 0.6) is 0 Å². The molecular formula is C57H69F10N9O8. The minimum Gasteiger partial charge on any atom is -0.469 e. The van der Waals surface area contributed by atoms with Crippen molar-refractivity contribution in [3.8, 4) is 11.8 Å². The predicted molar refractivity (Wildman–Crippen MR) is 289 cm³/mol. The average Bonchev–Trinajstić information content (AvgIpc) is 4.26. The van der Waals surface area contributed by atoms with Gasteiger partial charge in [-0.2, -0.15) is 35.1 Å². The molecule has 0 saturated carbocycles. The number of aliphatic hydroxyl groups is 1. The third-order valence-electron chi connectivity index (χ3n) is 15.7. The molecule has 3 amide bonds. The van der Waals surface area contributed by atoms with Gasteiger partial charge in [-0.1, -0.05) is 37.8 Å². The van der Waals surface area contributed by atoms with Crippen molar-refractivity contribution in [3.63, 3.8) is 0 Å². The Morgan fingerprint density at radius 2 is 1.49 bits per heavy atom. The van der Waals surface area contributed by atoms with Gasteiger partial charge in [0, 0.05) is 91.3 Å². The van der Waals surface area contributed by atoms with Crippen LogP contribution in [-0.4, -0.2) is 165 Å². The molecule has 3 saturated heterocycles. The zero-order chi connectivity index (χ0) is 61.9. The summed E-state index contributed by atoms with van der Waals surface area (Å²) in [6, 6.07) is 8.88. The Balaban J connectivity index is 1.28. The van der Waals surface area contributed by atoms with Crippen molar-refractivity contribution in [2.75, 3.05) is 65.2 Å². The Hall–Kier alpha value is -7.02. The van der Waals surface area contributed by atoms with Crippen molar-refractivity contribution in [2.45, 2.75) is 121 Å². The molecule has 2 aromatic carbocycles. The fourth-order valence-corrected chi connectivity index (χ4v) is 10.3. The van der Waals surface area contributed by atoms with Gasteiger partial charge in [-0.05, 0) is 94.0 Å². The summed E-state index contributed by atoms with van der Waals surface area (Å²) in [5.74, 6) is -1.59. The summed E-state index contributed by atoms with van der Waals surface area (Å²) >= 11 is 0. The lowest BCUT2D eigenvalue weighted by atomic mass is 9.75. The van der Waals surface area contributed by atoms with E-state index in [1.165, 1.54) is 0 Å². The molecule has 4 heterocycles. The summed E-state index contributed by atoms with van der Waals surface area (Å²) in [7, 11) is 1.74. The molecule has 6 N–H and O–H groups in total. The number of esters is 1. The molecule has 6 rings (SSSR count). The lowest BCUT2D eigenvalue weighted by molar-refractivity contribution is -0.230. The van der Waals surface area contributed by atoms with E-state index in [1.54, 1.807) is 30.5 Å². The second-order valence-electron chi connectivity index (χ2n) is 22.0. The quantitative estimate of drug-likeness (QED) is 0.0164. The topological polar surface area (TPSA) is 213 Å².